The van der Waals surface area contributed by atoms with Crippen molar-refractivity contribution in [2.24, 2.45) is 5.92 Å². The zero-order valence-electron chi connectivity index (χ0n) is 15.2. The second-order valence-corrected chi connectivity index (χ2v) is 6.62. The van der Waals surface area contributed by atoms with E-state index in [1.54, 1.807) is 42.7 Å². The van der Waals surface area contributed by atoms with Gasteiger partial charge in [0.15, 0.2) is 0 Å². The Bertz CT molecular complexity index is 982. The lowest BCUT2D eigenvalue weighted by molar-refractivity contribution is -0.121. The minimum absolute atomic E-state index is 0.166. The van der Waals surface area contributed by atoms with E-state index in [0.29, 0.717) is 30.0 Å². The molecule has 2 amide bonds. The first-order valence-electron chi connectivity index (χ1n) is 9.12. The summed E-state index contributed by atoms with van der Waals surface area (Å²) in [4.78, 5) is 25.3. The van der Waals surface area contributed by atoms with Crippen molar-refractivity contribution in [2.75, 3.05) is 11.9 Å². The van der Waals surface area contributed by atoms with Crippen LogP contribution in [0.5, 0.6) is 5.75 Å². The third kappa shape index (κ3) is 3.91. The molecule has 28 heavy (non-hydrogen) atoms. The summed E-state index contributed by atoms with van der Waals surface area (Å²) in [7, 11) is 0. The molecule has 2 aromatic carbocycles. The van der Waals surface area contributed by atoms with Gasteiger partial charge in [0.1, 0.15) is 18.1 Å². The third-order valence-electron chi connectivity index (χ3n) is 4.68. The maximum absolute atomic E-state index is 12.8. The van der Waals surface area contributed by atoms with Crippen LogP contribution in [0.4, 0.5) is 5.69 Å². The average molecular weight is 376 g/mol. The maximum Gasteiger partial charge on any atom is 0.253 e. The minimum atomic E-state index is -0.311. The molecule has 0 bridgehead atoms. The number of carbonyl (C=O) groups is 2. The fourth-order valence-electron chi connectivity index (χ4n) is 3.20. The molecule has 0 aliphatic carbocycles. The van der Waals surface area contributed by atoms with Crippen LogP contribution >= 0.6 is 0 Å². The van der Waals surface area contributed by atoms with Gasteiger partial charge in [-0.1, -0.05) is 30.3 Å². The summed E-state index contributed by atoms with van der Waals surface area (Å²) in [5.41, 5.74) is 1.89. The number of anilines is 1. The summed E-state index contributed by atoms with van der Waals surface area (Å²) in [5.74, 6) is 0.726. The number of ether oxygens (including phenoxy) is 1. The molecule has 0 unspecified atom stereocenters. The van der Waals surface area contributed by atoms with Crippen molar-refractivity contribution in [3.8, 4) is 5.75 Å². The van der Waals surface area contributed by atoms with Gasteiger partial charge in [-0.2, -0.15) is 0 Å². The highest BCUT2D eigenvalue weighted by atomic mass is 16.5. The first-order valence-corrected chi connectivity index (χ1v) is 9.12. The highest BCUT2D eigenvalue weighted by molar-refractivity contribution is 6.04. The topological polar surface area (TPSA) is 80.6 Å². The van der Waals surface area contributed by atoms with E-state index in [1.807, 2.05) is 24.3 Å². The molecule has 142 valence electrons. The fourth-order valence-corrected chi connectivity index (χ4v) is 3.20. The summed E-state index contributed by atoms with van der Waals surface area (Å²) >= 11 is 0. The molecule has 1 aromatic heterocycles. The van der Waals surface area contributed by atoms with E-state index in [2.05, 4.69) is 10.6 Å². The molecule has 0 fully saturated rings. The molecule has 0 saturated carbocycles. The van der Waals surface area contributed by atoms with Gasteiger partial charge in [-0.3, -0.25) is 9.59 Å². The van der Waals surface area contributed by atoms with Crippen LogP contribution < -0.4 is 15.4 Å². The summed E-state index contributed by atoms with van der Waals surface area (Å²) < 4.78 is 10.9. The minimum Gasteiger partial charge on any atom is -0.492 e. The van der Waals surface area contributed by atoms with Gasteiger partial charge in [0.05, 0.1) is 30.0 Å². The van der Waals surface area contributed by atoms with E-state index in [1.165, 1.54) is 0 Å². The number of fused-ring (bicyclic) bond motifs is 1. The highest BCUT2D eigenvalue weighted by Crippen LogP contribution is 2.27. The first-order chi connectivity index (χ1) is 13.7. The molecule has 1 aliphatic heterocycles. The third-order valence-corrected chi connectivity index (χ3v) is 4.68. The van der Waals surface area contributed by atoms with Crippen molar-refractivity contribution >= 4 is 17.5 Å². The summed E-state index contributed by atoms with van der Waals surface area (Å²) in [5, 5.41) is 5.68. The van der Waals surface area contributed by atoms with Crippen molar-refractivity contribution in [1.82, 2.24) is 5.32 Å². The standard InChI is InChI=1S/C22H20N2O4/c25-21(16-12-15-6-1-4-10-20(15)28-14-16)24-19-9-3-2-8-18(19)22(26)23-13-17-7-5-11-27-17/h1-11,16H,12-14H2,(H,23,26)(H,24,25)/t16-/m0/s1. The number of furan rings is 1. The monoisotopic (exact) mass is 376 g/mol. The molecule has 2 N–H and O–H groups in total. The number of benzene rings is 2. The van der Waals surface area contributed by atoms with Crippen molar-refractivity contribution < 1.29 is 18.7 Å². The van der Waals surface area contributed by atoms with Crippen molar-refractivity contribution in [1.29, 1.82) is 0 Å². The smallest absolute Gasteiger partial charge is 0.253 e. The van der Waals surface area contributed by atoms with Gasteiger partial charge in [0, 0.05) is 0 Å². The second kappa shape index (κ2) is 8.00. The molecule has 0 saturated heterocycles. The van der Waals surface area contributed by atoms with Crippen LogP contribution in [0.25, 0.3) is 0 Å². The van der Waals surface area contributed by atoms with Gasteiger partial charge in [-0.25, -0.2) is 0 Å². The second-order valence-electron chi connectivity index (χ2n) is 6.62. The Morgan fingerprint density at radius 3 is 2.68 bits per heavy atom. The molecule has 6 nitrogen and oxygen atoms in total. The number of hydrogen-bond acceptors (Lipinski definition) is 4. The van der Waals surface area contributed by atoms with Gasteiger partial charge in [-0.05, 0) is 42.3 Å². The van der Waals surface area contributed by atoms with Gasteiger partial charge in [-0.15, -0.1) is 0 Å². The predicted octanol–water partition coefficient (Wildman–Crippen LogP) is 3.40. The Morgan fingerprint density at radius 2 is 1.82 bits per heavy atom. The summed E-state index contributed by atoms with van der Waals surface area (Å²) in [6.45, 7) is 0.594. The Morgan fingerprint density at radius 1 is 1.00 bits per heavy atom. The Labute approximate surface area is 162 Å². The van der Waals surface area contributed by atoms with Crippen LogP contribution in [0.1, 0.15) is 21.7 Å². The van der Waals surface area contributed by atoms with E-state index < -0.39 is 0 Å². The molecule has 3 aromatic rings. The van der Waals surface area contributed by atoms with E-state index in [0.717, 1.165) is 11.3 Å². The van der Waals surface area contributed by atoms with E-state index in [-0.39, 0.29) is 24.3 Å². The quantitative estimate of drug-likeness (QED) is 0.715. The van der Waals surface area contributed by atoms with Gasteiger partial charge in [0.25, 0.3) is 5.91 Å². The molecule has 2 heterocycles. The summed E-state index contributed by atoms with van der Waals surface area (Å²) in [6, 6.07) is 18.2. The van der Waals surface area contributed by atoms with Crippen molar-refractivity contribution in [3.05, 3.63) is 83.8 Å². The normalized spacial score (nSPS) is 15.2. The molecule has 6 heteroatoms. The van der Waals surface area contributed by atoms with Crippen LogP contribution in [0.2, 0.25) is 0 Å². The largest absolute Gasteiger partial charge is 0.492 e. The van der Waals surface area contributed by atoms with Crippen LogP contribution in [-0.2, 0) is 17.8 Å². The Hall–Kier alpha value is -3.54. The molecule has 0 radical (unpaired) electrons. The summed E-state index contributed by atoms with van der Waals surface area (Å²) in [6.07, 6.45) is 2.16. The zero-order valence-corrected chi connectivity index (χ0v) is 15.2. The first kappa shape index (κ1) is 17.9. The van der Waals surface area contributed by atoms with Crippen LogP contribution in [0.3, 0.4) is 0 Å². The van der Waals surface area contributed by atoms with Crippen LogP contribution in [0.15, 0.2) is 71.3 Å². The number of nitrogens with one attached hydrogen (secondary N) is 2. The number of para-hydroxylation sites is 2. The number of hydrogen-bond donors (Lipinski definition) is 2. The lowest BCUT2D eigenvalue weighted by Gasteiger charge is -2.24. The van der Waals surface area contributed by atoms with Crippen molar-refractivity contribution in [2.45, 2.75) is 13.0 Å². The van der Waals surface area contributed by atoms with E-state index >= 15 is 0 Å². The number of amides is 2. The average Bonchev–Trinajstić information content (AvgIpc) is 3.25. The van der Waals surface area contributed by atoms with E-state index in [4.69, 9.17) is 9.15 Å². The molecule has 4 rings (SSSR count). The maximum atomic E-state index is 12.8. The number of rotatable bonds is 5. The fraction of sp³-hybridized carbons (Fsp3) is 0.182. The van der Waals surface area contributed by atoms with E-state index in [9.17, 15) is 9.59 Å². The predicted molar refractivity (Wildman–Crippen MR) is 104 cm³/mol. The zero-order chi connectivity index (χ0) is 19.3. The van der Waals surface area contributed by atoms with Crippen LogP contribution in [0, 0.1) is 5.92 Å². The molecular weight excluding hydrogens is 356 g/mol. The number of carbonyl (C=O) groups excluding carboxylic acids is 2. The molecule has 0 spiro atoms. The molecule has 1 aliphatic rings. The molecular formula is C22H20N2O4. The lowest BCUT2D eigenvalue weighted by Crippen LogP contribution is -2.33. The van der Waals surface area contributed by atoms with Gasteiger partial charge in [0.2, 0.25) is 5.91 Å². The Balaban J connectivity index is 1.43. The Kier molecular flexibility index (Phi) is 5.10. The lowest BCUT2D eigenvalue weighted by atomic mass is 9.96. The van der Waals surface area contributed by atoms with Crippen LogP contribution in [-0.4, -0.2) is 18.4 Å². The van der Waals surface area contributed by atoms with Gasteiger partial charge >= 0.3 is 0 Å². The SMILES string of the molecule is O=C(NCc1ccco1)c1ccccc1NC(=O)[C@@H]1COc2ccccc2C1. The molecule has 1 atom stereocenters. The van der Waals surface area contributed by atoms with Crippen molar-refractivity contribution in [3.63, 3.8) is 0 Å². The van der Waals surface area contributed by atoms with Gasteiger partial charge < -0.3 is 19.8 Å². The highest BCUT2D eigenvalue weighted by Gasteiger charge is 2.26.